The SMILES string of the molecule is O=S(=S)(Oc1ccc2c(-c3ccccc3)cccc2c1)c1ccc2c(-c3ccccc3)cccc2c1. The van der Waals surface area contributed by atoms with Crippen molar-refractivity contribution in [2.45, 2.75) is 4.90 Å². The Bertz CT molecular complexity index is 1810. The van der Waals surface area contributed by atoms with Crippen molar-refractivity contribution in [3.63, 3.8) is 0 Å². The monoisotopic (exact) mass is 502 g/mol. The molecule has 4 heteroatoms. The summed E-state index contributed by atoms with van der Waals surface area (Å²) >= 11 is 5.51. The second kappa shape index (κ2) is 9.23. The van der Waals surface area contributed by atoms with Crippen LogP contribution in [0.5, 0.6) is 5.75 Å². The first-order valence-electron chi connectivity index (χ1n) is 11.7. The summed E-state index contributed by atoms with van der Waals surface area (Å²) in [4.78, 5) is 0.494. The summed E-state index contributed by atoms with van der Waals surface area (Å²) in [6.45, 7) is 0. The molecule has 0 heterocycles. The van der Waals surface area contributed by atoms with Crippen LogP contribution in [0.25, 0.3) is 43.8 Å². The van der Waals surface area contributed by atoms with E-state index in [2.05, 4.69) is 36.4 Å². The fraction of sp³-hybridized carbons (Fsp3) is 0. The Morgan fingerprint density at radius 2 is 1.06 bits per heavy atom. The molecule has 6 aromatic carbocycles. The highest BCUT2D eigenvalue weighted by Gasteiger charge is 2.15. The van der Waals surface area contributed by atoms with Gasteiger partial charge < -0.3 is 4.18 Å². The van der Waals surface area contributed by atoms with Crippen molar-refractivity contribution in [1.82, 2.24) is 0 Å². The summed E-state index contributed by atoms with van der Waals surface area (Å²) in [5.74, 6) is 0.492. The predicted molar refractivity (Wildman–Crippen MR) is 153 cm³/mol. The lowest BCUT2D eigenvalue weighted by Gasteiger charge is -2.13. The van der Waals surface area contributed by atoms with Gasteiger partial charge in [-0.05, 0) is 68.1 Å². The minimum absolute atomic E-state index is 0.492. The Balaban J connectivity index is 1.34. The smallest absolute Gasteiger partial charge is 0.215 e. The highest BCUT2D eigenvalue weighted by Crippen LogP contribution is 2.33. The van der Waals surface area contributed by atoms with E-state index in [9.17, 15) is 4.21 Å². The van der Waals surface area contributed by atoms with Crippen molar-refractivity contribution in [1.29, 1.82) is 0 Å². The lowest BCUT2D eigenvalue weighted by atomic mass is 9.98. The van der Waals surface area contributed by atoms with E-state index in [0.717, 1.165) is 43.8 Å². The van der Waals surface area contributed by atoms with Crippen molar-refractivity contribution in [3.8, 4) is 28.0 Å². The minimum Gasteiger partial charge on any atom is -0.397 e. The Morgan fingerprint density at radius 1 is 0.528 bits per heavy atom. The molecule has 0 saturated carbocycles. The second-order valence-corrected chi connectivity index (χ2v) is 11.5. The molecule has 2 nitrogen and oxygen atoms in total. The van der Waals surface area contributed by atoms with Crippen LogP contribution in [0, 0.1) is 0 Å². The molecular weight excluding hydrogens is 480 g/mol. The molecule has 0 aliphatic carbocycles. The molecule has 0 bridgehead atoms. The maximum absolute atomic E-state index is 13.6. The van der Waals surface area contributed by atoms with E-state index in [-0.39, 0.29) is 0 Å². The Hall–Kier alpha value is -3.99. The van der Waals surface area contributed by atoms with E-state index in [4.69, 9.17) is 15.4 Å². The highest BCUT2D eigenvalue weighted by molar-refractivity contribution is 8.30. The predicted octanol–water partition coefficient (Wildman–Crippen LogP) is 8.43. The average Bonchev–Trinajstić information content (AvgIpc) is 2.92. The zero-order chi connectivity index (χ0) is 24.5. The molecule has 0 radical (unpaired) electrons. The zero-order valence-corrected chi connectivity index (χ0v) is 21.0. The van der Waals surface area contributed by atoms with E-state index < -0.39 is 8.77 Å². The number of fused-ring (bicyclic) bond motifs is 2. The van der Waals surface area contributed by atoms with Crippen LogP contribution >= 0.6 is 0 Å². The van der Waals surface area contributed by atoms with Gasteiger partial charge in [-0.2, -0.15) is 0 Å². The van der Waals surface area contributed by atoms with Crippen molar-refractivity contribution in [2.24, 2.45) is 0 Å². The van der Waals surface area contributed by atoms with Crippen LogP contribution in [0.1, 0.15) is 0 Å². The quantitative estimate of drug-likeness (QED) is 0.237. The minimum atomic E-state index is -3.18. The maximum atomic E-state index is 13.6. The topological polar surface area (TPSA) is 26.3 Å². The Labute approximate surface area is 215 Å². The molecule has 6 aromatic rings. The summed E-state index contributed by atoms with van der Waals surface area (Å²) in [5.41, 5.74) is 4.55. The molecule has 0 N–H and O–H groups in total. The van der Waals surface area contributed by atoms with Crippen molar-refractivity contribution >= 4 is 41.5 Å². The standard InChI is InChI=1S/C32H22O2S2/c33-36(35,28-18-20-32-26(22-28)14-8-16-30(32)24-11-5-2-6-12-24)34-27-17-19-31-25(21-27)13-7-15-29(31)23-9-3-1-4-10-23/h1-22H. The number of benzene rings is 6. The number of hydrogen-bond acceptors (Lipinski definition) is 3. The lowest BCUT2D eigenvalue weighted by Crippen LogP contribution is -2.08. The average molecular weight is 503 g/mol. The van der Waals surface area contributed by atoms with Crippen LogP contribution in [0.15, 0.2) is 138 Å². The third kappa shape index (κ3) is 4.26. The first-order valence-corrected chi connectivity index (χ1v) is 14.1. The molecular formula is C32H22O2S2. The maximum Gasteiger partial charge on any atom is 0.215 e. The largest absolute Gasteiger partial charge is 0.397 e. The summed E-state index contributed by atoms with van der Waals surface area (Å²) in [7, 11) is -3.18. The third-order valence-corrected chi connectivity index (χ3v) is 8.39. The molecule has 0 fully saturated rings. The van der Waals surface area contributed by atoms with E-state index in [1.807, 2.05) is 97.1 Å². The lowest BCUT2D eigenvalue weighted by molar-refractivity contribution is 0.560. The van der Waals surface area contributed by atoms with Crippen molar-refractivity contribution in [2.75, 3.05) is 0 Å². The van der Waals surface area contributed by atoms with Gasteiger partial charge in [0.05, 0.1) is 4.90 Å². The molecule has 0 aromatic heterocycles. The van der Waals surface area contributed by atoms with Gasteiger partial charge in [-0.3, -0.25) is 0 Å². The molecule has 0 spiro atoms. The van der Waals surface area contributed by atoms with E-state index >= 15 is 0 Å². The summed E-state index contributed by atoms with van der Waals surface area (Å²) < 4.78 is 19.5. The Morgan fingerprint density at radius 3 is 1.64 bits per heavy atom. The fourth-order valence-electron chi connectivity index (χ4n) is 4.64. The fourth-order valence-corrected chi connectivity index (χ4v) is 6.15. The van der Waals surface area contributed by atoms with E-state index in [1.54, 1.807) is 0 Å². The van der Waals surface area contributed by atoms with Gasteiger partial charge in [0.15, 0.2) is 0 Å². The van der Waals surface area contributed by atoms with Gasteiger partial charge in [0.1, 0.15) is 5.75 Å². The van der Waals surface area contributed by atoms with Crippen LogP contribution in [-0.4, -0.2) is 4.21 Å². The molecule has 0 amide bonds. The summed E-state index contributed by atoms with van der Waals surface area (Å²) in [5, 5.41) is 4.16. The van der Waals surface area contributed by atoms with Gasteiger partial charge in [0.25, 0.3) is 0 Å². The summed E-state index contributed by atoms with van der Waals surface area (Å²) in [6.07, 6.45) is 0. The molecule has 6 rings (SSSR count). The van der Waals surface area contributed by atoms with Gasteiger partial charge >= 0.3 is 0 Å². The molecule has 1 unspecified atom stereocenters. The van der Waals surface area contributed by atoms with Gasteiger partial charge in [-0.1, -0.05) is 109 Å². The van der Waals surface area contributed by atoms with Gasteiger partial charge in [0, 0.05) is 11.2 Å². The highest BCUT2D eigenvalue weighted by atomic mass is 32.8. The van der Waals surface area contributed by atoms with Crippen molar-refractivity contribution in [3.05, 3.63) is 133 Å². The van der Waals surface area contributed by atoms with Crippen LogP contribution in [0.4, 0.5) is 0 Å². The van der Waals surface area contributed by atoms with E-state index in [1.165, 1.54) is 0 Å². The third-order valence-electron chi connectivity index (χ3n) is 6.37. The van der Waals surface area contributed by atoms with Crippen LogP contribution < -0.4 is 4.18 Å². The van der Waals surface area contributed by atoms with Gasteiger partial charge in [-0.25, -0.2) is 4.21 Å². The molecule has 174 valence electrons. The van der Waals surface area contributed by atoms with Gasteiger partial charge in [0.2, 0.25) is 8.77 Å². The summed E-state index contributed by atoms with van der Waals surface area (Å²) in [6, 6.07) is 44.2. The number of hydrogen-bond donors (Lipinski definition) is 0. The van der Waals surface area contributed by atoms with Crippen LogP contribution in [-0.2, 0) is 20.0 Å². The van der Waals surface area contributed by atoms with Crippen LogP contribution in [0.2, 0.25) is 0 Å². The first kappa shape index (κ1) is 22.5. The first-order chi connectivity index (χ1) is 17.6. The molecule has 36 heavy (non-hydrogen) atoms. The number of rotatable bonds is 5. The Kier molecular flexibility index (Phi) is 5.76. The van der Waals surface area contributed by atoms with Crippen molar-refractivity contribution < 1.29 is 8.39 Å². The zero-order valence-electron chi connectivity index (χ0n) is 19.3. The van der Waals surface area contributed by atoms with Crippen LogP contribution in [0.3, 0.4) is 0 Å². The second-order valence-electron chi connectivity index (χ2n) is 8.65. The molecule has 0 aliphatic heterocycles. The van der Waals surface area contributed by atoms with E-state index in [0.29, 0.717) is 10.6 Å². The molecule has 1 atom stereocenters. The molecule has 0 saturated heterocycles. The normalized spacial score (nSPS) is 12.9. The molecule has 0 aliphatic rings. The van der Waals surface area contributed by atoms with Gasteiger partial charge in [-0.15, -0.1) is 0 Å².